The van der Waals surface area contributed by atoms with E-state index < -0.39 is 0 Å². The van der Waals surface area contributed by atoms with Crippen LogP contribution < -0.4 is 4.90 Å². The fourth-order valence-electron chi connectivity index (χ4n) is 3.80. The number of pyridine rings is 1. The molecule has 0 spiro atoms. The van der Waals surface area contributed by atoms with Crippen molar-refractivity contribution in [3.05, 3.63) is 23.9 Å². The van der Waals surface area contributed by atoms with Crippen molar-refractivity contribution in [1.29, 1.82) is 0 Å². The van der Waals surface area contributed by atoms with Crippen LogP contribution in [-0.2, 0) is 0 Å². The highest BCUT2D eigenvalue weighted by molar-refractivity contribution is 5.40. The Morgan fingerprint density at radius 2 is 1.90 bits per heavy atom. The summed E-state index contributed by atoms with van der Waals surface area (Å²) in [5, 5.41) is 0. The standard InChI is InChI=1S/C18H29N3/c1-15(2)14-21-12-6-7-17(21)16-8-9-18(19-13-16)20-10-4-3-5-11-20/h8-9,13,15,17H,3-7,10-12,14H2,1-2H3/t17-/m0/s1. The first-order valence-corrected chi connectivity index (χ1v) is 8.69. The monoisotopic (exact) mass is 287 g/mol. The molecule has 2 fully saturated rings. The molecule has 21 heavy (non-hydrogen) atoms. The summed E-state index contributed by atoms with van der Waals surface area (Å²) in [7, 11) is 0. The maximum atomic E-state index is 4.76. The van der Waals surface area contributed by atoms with Gasteiger partial charge in [-0.1, -0.05) is 19.9 Å². The Morgan fingerprint density at radius 1 is 1.10 bits per heavy atom. The van der Waals surface area contributed by atoms with Crippen LogP contribution in [0.4, 0.5) is 5.82 Å². The van der Waals surface area contributed by atoms with E-state index in [-0.39, 0.29) is 0 Å². The van der Waals surface area contributed by atoms with E-state index in [9.17, 15) is 0 Å². The van der Waals surface area contributed by atoms with Crippen LogP contribution in [0.1, 0.15) is 57.6 Å². The molecular weight excluding hydrogens is 258 g/mol. The first-order valence-electron chi connectivity index (χ1n) is 8.69. The number of hydrogen-bond donors (Lipinski definition) is 0. The van der Waals surface area contributed by atoms with Crippen molar-refractivity contribution >= 4 is 5.82 Å². The molecule has 3 heterocycles. The van der Waals surface area contributed by atoms with Crippen molar-refractivity contribution in [2.45, 2.75) is 52.0 Å². The summed E-state index contributed by atoms with van der Waals surface area (Å²) in [5.74, 6) is 1.91. The number of likely N-dealkylation sites (tertiary alicyclic amines) is 1. The lowest BCUT2D eigenvalue weighted by atomic mass is 10.1. The number of nitrogens with zero attached hydrogens (tertiary/aromatic N) is 3. The predicted molar refractivity (Wildman–Crippen MR) is 88.7 cm³/mol. The Morgan fingerprint density at radius 3 is 2.57 bits per heavy atom. The van der Waals surface area contributed by atoms with Gasteiger partial charge in [-0.25, -0.2) is 4.98 Å². The molecule has 2 saturated heterocycles. The van der Waals surface area contributed by atoms with Crippen LogP contribution in [0.3, 0.4) is 0 Å². The van der Waals surface area contributed by atoms with E-state index in [1.54, 1.807) is 0 Å². The second-order valence-corrected chi connectivity index (χ2v) is 7.04. The maximum absolute atomic E-state index is 4.76. The van der Waals surface area contributed by atoms with Crippen LogP contribution >= 0.6 is 0 Å². The molecular formula is C18H29N3. The second-order valence-electron chi connectivity index (χ2n) is 7.04. The number of aromatic nitrogens is 1. The first kappa shape index (κ1) is 14.8. The lowest BCUT2D eigenvalue weighted by Gasteiger charge is -2.29. The van der Waals surface area contributed by atoms with Gasteiger partial charge in [0.25, 0.3) is 0 Å². The average Bonchev–Trinajstić information content (AvgIpc) is 2.96. The van der Waals surface area contributed by atoms with Gasteiger partial charge in [-0.3, -0.25) is 4.90 Å². The quantitative estimate of drug-likeness (QED) is 0.838. The Bertz CT molecular complexity index is 434. The minimum Gasteiger partial charge on any atom is -0.357 e. The fraction of sp³-hybridized carbons (Fsp3) is 0.722. The normalized spacial score (nSPS) is 24.0. The minimum absolute atomic E-state index is 0.593. The summed E-state index contributed by atoms with van der Waals surface area (Å²) in [5.41, 5.74) is 1.41. The molecule has 3 heteroatoms. The van der Waals surface area contributed by atoms with Gasteiger partial charge in [-0.05, 0) is 56.2 Å². The van der Waals surface area contributed by atoms with Gasteiger partial charge >= 0.3 is 0 Å². The summed E-state index contributed by atoms with van der Waals surface area (Å²) in [6.45, 7) is 9.43. The largest absolute Gasteiger partial charge is 0.357 e. The van der Waals surface area contributed by atoms with Crippen LogP contribution in [0.5, 0.6) is 0 Å². The van der Waals surface area contributed by atoms with E-state index in [2.05, 4.69) is 42.0 Å². The molecule has 0 amide bonds. The summed E-state index contributed by atoms with van der Waals surface area (Å²) >= 11 is 0. The maximum Gasteiger partial charge on any atom is 0.128 e. The van der Waals surface area contributed by atoms with Gasteiger partial charge < -0.3 is 4.90 Å². The van der Waals surface area contributed by atoms with Gasteiger partial charge in [0.2, 0.25) is 0 Å². The average molecular weight is 287 g/mol. The third kappa shape index (κ3) is 3.57. The van der Waals surface area contributed by atoms with Crippen molar-refractivity contribution in [3.8, 4) is 0 Å². The molecule has 1 aromatic heterocycles. The predicted octanol–water partition coefficient (Wildman–Crippen LogP) is 3.86. The molecule has 0 bridgehead atoms. The highest BCUT2D eigenvalue weighted by atomic mass is 15.2. The van der Waals surface area contributed by atoms with Crippen LogP contribution in [0.15, 0.2) is 18.3 Å². The molecule has 0 aliphatic carbocycles. The van der Waals surface area contributed by atoms with Crippen molar-refractivity contribution in [1.82, 2.24) is 9.88 Å². The Hall–Kier alpha value is -1.09. The molecule has 0 aromatic carbocycles. The fourth-order valence-corrected chi connectivity index (χ4v) is 3.80. The summed E-state index contributed by atoms with van der Waals surface area (Å²) in [6.07, 6.45) is 8.75. The lowest BCUT2D eigenvalue weighted by Crippen LogP contribution is -2.30. The van der Waals surface area contributed by atoms with Gasteiger partial charge in [0.05, 0.1) is 0 Å². The van der Waals surface area contributed by atoms with Crippen LogP contribution in [0.25, 0.3) is 0 Å². The molecule has 116 valence electrons. The van der Waals surface area contributed by atoms with Crippen molar-refractivity contribution in [2.75, 3.05) is 31.1 Å². The molecule has 2 aliphatic rings. The van der Waals surface area contributed by atoms with Gasteiger partial charge in [-0.15, -0.1) is 0 Å². The van der Waals surface area contributed by atoms with E-state index in [0.717, 1.165) is 5.92 Å². The zero-order valence-electron chi connectivity index (χ0n) is 13.6. The van der Waals surface area contributed by atoms with Gasteiger partial charge in [0.1, 0.15) is 5.82 Å². The van der Waals surface area contributed by atoms with E-state index in [1.165, 1.54) is 69.7 Å². The molecule has 3 nitrogen and oxygen atoms in total. The number of piperidine rings is 1. The second kappa shape index (κ2) is 6.78. The first-order chi connectivity index (χ1) is 10.2. The molecule has 0 N–H and O–H groups in total. The Kier molecular flexibility index (Phi) is 4.79. The molecule has 0 unspecified atom stereocenters. The van der Waals surface area contributed by atoms with Crippen LogP contribution in [-0.4, -0.2) is 36.1 Å². The van der Waals surface area contributed by atoms with E-state index in [0.29, 0.717) is 6.04 Å². The van der Waals surface area contributed by atoms with Crippen LogP contribution in [0.2, 0.25) is 0 Å². The third-order valence-corrected chi connectivity index (χ3v) is 4.80. The van der Waals surface area contributed by atoms with Crippen molar-refractivity contribution in [3.63, 3.8) is 0 Å². The number of anilines is 1. The molecule has 2 aliphatic heterocycles. The molecule has 3 rings (SSSR count). The topological polar surface area (TPSA) is 19.4 Å². The van der Waals surface area contributed by atoms with Gasteiger partial charge in [0, 0.05) is 31.9 Å². The SMILES string of the molecule is CC(C)CN1CCC[C@H]1c1ccc(N2CCCCC2)nc1. The van der Waals surface area contributed by atoms with E-state index in [4.69, 9.17) is 4.98 Å². The van der Waals surface area contributed by atoms with E-state index in [1.807, 2.05) is 0 Å². The van der Waals surface area contributed by atoms with Crippen molar-refractivity contribution < 1.29 is 0 Å². The lowest BCUT2D eigenvalue weighted by molar-refractivity contribution is 0.228. The molecule has 0 saturated carbocycles. The molecule has 0 radical (unpaired) electrons. The van der Waals surface area contributed by atoms with E-state index >= 15 is 0 Å². The summed E-state index contributed by atoms with van der Waals surface area (Å²) in [4.78, 5) is 9.84. The summed E-state index contributed by atoms with van der Waals surface area (Å²) < 4.78 is 0. The molecule has 1 atom stereocenters. The van der Waals surface area contributed by atoms with Gasteiger partial charge in [-0.2, -0.15) is 0 Å². The number of rotatable bonds is 4. The number of hydrogen-bond acceptors (Lipinski definition) is 3. The molecule has 1 aromatic rings. The highest BCUT2D eigenvalue weighted by Gasteiger charge is 2.26. The highest BCUT2D eigenvalue weighted by Crippen LogP contribution is 2.32. The smallest absolute Gasteiger partial charge is 0.128 e. The van der Waals surface area contributed by atoms with Crippen molar-refractivity contribution in [2.24, 2.45) is 5.92 Å². The summed E-state index contributed by atoms with van der Waals surface area (Å²) in [6, 6.07) is 5.16. The third-order valence-electron chi connectivity index (χ3n) is 4.80. The van der Waals surface area contributed by atoms with Crippen LogP contribution in [0, 0.1) is 5.92 Å². The zero-order valence-corrected chi connectivity index (χ0v) is 13.6. The zero-order chi connectivity index (χ0) is 14.7. The minimum atomic E-state index is 0.593. The Labute approximate surface area is 129 Å². The Balaban J connectivity index is 1.68. The van der Waals surface area contributed by atoms with Gasteiger partial charge in [0.15, 0.2) is 0 Å².